The molecule has 3 heterocycles. The van der Waals surface area contributed by atoms with Crippen LogP contribution in [0.15, 0.2) is 115 Å². The Balaban J connectivity index is 1.32. The predicted molar refractivity (Wildman–Crippen MR) is 245 cm³/mol. The van der Waals surface area contributed by atoms with Crippen molar-refractivity contribution in [2.24, 2.45) is 0 Å². The minimum Gasteiger partial charge on any atom is -0.489 e. The average Bonchev–Trinajstić information content (AvgIpc) is 4.06. The standard InChI is InChI=1S/C48H46N4O4S3/c1-3-5-7-15-29-55-46-42(40-26-25-38(57-40)31-34(32-49)48(53)54)44-45(51-59-50-44)43(47(46)56-30-16-8-6-4-2)41-28-27-39(58-41)33-21-23-37(24-22-33)52(35-17-11-9-12-18-35)36-19-13-10-14-20-36/h9-14,17-28,31H,3-8,15-16,29-30H2,1-2H3,(H,53,54)/b34-31+. The third-order valence-electron chi connectivity index (χ3n) is 9.91. The molecule has 59 heavy (non-hydrogen) atoms. The van der Waals surface area contributed by atoms with Gasteiger partial charge in [0.25, 0.3) is 0 Å². The topological polar surface area (TPSA) is 109 Å². The zero-order chi connectivity index (χ0) is 41.0. The first-order chi connectivity index (χ1) is 29.0. The Kier molecular flexibility index (Phi) is 14.2. The van der Waals surface area contributed by atoms with E-state index >= 15 is 0 Å². The van der Waals surface area contributed by atoms with Crippen molar-refractivity contribution < 1.29 is 19.4 Å². The van der Waals surface area contributed by atoms with E-state index in [1.165, 1.54) is 17.4 Å². The lowest BCUT2D eigenvalue weighted by Gasteiger charge is -2.25. The molecule has 0 aliphatic rings. The minimum absolute atomic E-state index is 0.328. The van der Waals surface area contributed by atoms with E-state index in [-0.39, 0.29) is 5.57 Å². The number of thiophene rings is 2. The number of aliphatic carboxylic acids is 1. The van der Waals surface area contributed by atoms with Gasteiger partial charge in [-0.25, -0.2) is 4.79 Å². The molecule has 0 saturated carbocycles. The number of nitriles is 1. The van der Waals surface area contributed by atoms with Gasteiger partial charge in [-0.15, -0.1) is 22.7 Å². The quantitative estimate of drug-likeness (QED) is 0.0459. The third-order valence-corrected chi connectivity index (χ3v) is 12.6. The van der Waals surface area contributed by atoms with E-state index in [9.17, 15) is 15.2 Å². The number of anilines is 3. The van der Waals surface area contributed by atoms with Crippen molar-refractivity contribution in [2.75, 3.05) is 18.1 Å². The second-order valence-electron chi connectivity index (χ2n) is 14.1. The molecule has 0 fully saturated rings. The molecule has 0 saturated heterocycles. The van der Waals surface area contributed by atoms with Gasteiger partial charge in [0, 0.05) is 36.6 Å². The van der Waals surface area contributed by atoms with Crippen LogP contribution in [0.5, 0.6) is 11.5 Å². The highest BCUT2D eigenvalue weighted by Crippen LogP contribution is 2.53. The highest BCUT2D eigenvalue weighted by molar-refractivity contribution is 7.19. The van der Waals surface area contributed by atoms with Crippen LogP contribution in [0.25, 0.3) is 48.4 Å². The molecule has 0 aliphatic carbocycles. The lowest BCUT2D eigenvalue weighted by Crippen LogP contribution is -2.09. The lowest BCUT2D eigenvalue weighted by molar-refractivity contribution is -0.132. The molecule has 0 spiro atoms. The third kappa shape index (κ3) is 9.74. The van der Waals surface area contributed by atoms with Gasteiger partial charge in [0.2, 0.25) is 0 Å². The van der Waals surface area contributed by atoms with Crippen molar-refractivity contribution in [3.05, 3.63) is 120 Å². The summed E-state index contributed by atoms with van der Waals surface area (Å²) < 4.78 is 23.4. The molecule has 0 unspecified atom stereocenters. The molecule has 7 aromatic rings. The first-order valence-electron chi connectivity index (χ1n) is 20.1. The Hall–Kier alpha value is -5.80. The van der Waals surface area contributed by atoms with E-state index in [1.807, 2.05) is 24.3 Å². The van der Waals surface area contributed by atoms with Crippen molar-refractivity contribution >= 4 is 74.5 Å². The zero-order valence-corrected chi connectivity index (χ0v) is 35.7. The Morgan fingerprint density at radius 3 is 1.69 bits per heavy atom. The zero-order valence-electron chi connectivity index (χ0n) is 33.2. The Morgan fingerprint density at radius 2 is 1.17 bits per heavy atom. The van der Waals surface area contributed by atoms with Crippen LogP contribution in [0, 0.1) is 11.3 Å². The van der Waals surface area contributed by atoms with Gasteiger partial charge in [-0.1, -0.05) is 101 Å². The van der Waals surface area contributed by atoms with Gasteiger partial charge in [-0.2, -0.15) is 14.0 Å². The fraction of sp³-hybridized carbons (Fsp3) is 0.250. The minimum atomic E-state index is -1.26. The van der Waals surface area contributed by atoms with Gasteiger partial charge in [0.15, 0.2) is 11.5 Å². The van der Waals surface area contributed by atoms with Crippen LogP contribution in [0.1, 0.15) is 70.1 Å². The van der Waals surface area contributed by atoms with Crippen LogP contribution < -0.4 is 14.4 Å². The second-order valence-corrected chi connectivity index (χ2v) is 16.8. The largest absolute Gasteiger partial charge is 0.489 e. The van der Waals surface area contributed by atoms with Gasteiger partial charge in [0.05, 0.1) is 36.1 Å². The number of carbonyl (C=O) groups is 1. The number of carboxylic acids is 1. The molecule has 300 valence electrons. The lowest BCUT2D eigenvalue weighted by atomic mass is 10.0. The SMILES string of the molecule is CCCCCCOc1c(OCCCCCC)c(-c2ccc(-c3ccc(N(c4ccccc4)c4ccccc4)cc3)s2)c2nsnc2c1-c1ccc(/C=C(\C#N)C(=O)O)s1. The number of nitrogens with zero attached hydrogens (tertiary/aromatic N) is 4. The summed E-state index contributed by atoms with van der Waals surface area (Å²) in [5, 5.41) is 19.0. The summed E-state index contributed by atoms with van der Waals surface area (Å²) in [6.07, 6.45) is 9.79. The number of para-hydroxylation sites is 2. The number of rotatable bonds is 20. The van der Waals surface area contributed by atoms with Crippen LogP contribution in [0.3, 0.4) is 0 Å². The molecule has 11 heteroatoms. The van der Waals surface area contributed by atoms with Crippen LogP contribution >= 0.6 is 34.4 Å². The Morgan fingerprint density at radius 1 is 0.661 bits per heavy atom. The molecule has 0 atom stereocenters. The summed E-state index contributed by atoms with van der Waals surface area (Å²) in [7, 11) is 0. The van der Waals surface area contributed by atoms with E-state index in [2.05, 4.69) is 104 Å². The smallest absolute Gasteiger partial charge is 0.346 e. The molecular weight excluding hydrogens is 793 g/mol. The number of hydrogen-bond donors (Lipinski definition) is 1. The summed E-state index contributed by atoms with van der Waals surface area (Å²) >= 11 is 4.21. The first kappa shape index (κ1) is 41.4. The van der Waals surface area contributed by atoms with E-state index in [4.69, 9.17) is 18.2 Å². The molecule has 4 aromatic carbocycles. The number of ether oxygens (including phenoxy) is 2. The highest BCUT2D eigenvalue weighted by Gasteiger charge is 2.29. The fourth-order valence-electron chi connectivity index (χ4n) is 6.95. The van der Waals surface area contributed by atoms with Gasteiger partial charge in [0.1, 0.15) is 22.7 Å². The van der Waals surface area contributed by atoms with Crippen molar-refractivity contribution in [3.8, 4) is 48.9 Å². The number of unbranched alkanes of at least 4 members (excludes halogenated alkanes) is 6. The predicted octanol–water partition coefficient (Wildman–Crippen LogP) is 14.2. The van der Waals surface area contributed by atoms with E-state index in [0.717, 1.165) is 117 Å². The van der Waals surface area contributed by atoms with Crippen LogP contribution in [-0.4, -0.2) is 33.0 Å². The molecule has 8 nitrogen and oxygen atoms in total. The first-order valence-corrected chi connectivity index (χ1v) is 22.5. The van der Waals surface area contributed by atoms with Crippen LogP contribution in [0.2, 0.25) is 0 Å². The fourth-order valence-corrected chi connectivity index (χ4v) is 9.56. The van der Waals surface area contributed by atoms with E-state index in [1.54, 1.807) is 17.4 Å². The number of aromatic nitrogens is 2. The second kappa shape index (κ2) is 20.3. The van der Waals surface area contributed by atoms with E-state index in [0.29, 0.717) is 35.1 Å². The summed E-state index contributed by atoms with van der Waals surface area (Å²) in [4.78, 5) is 17.5. The summed E-state index contributed by atoms with van der Waals surface area (Å²) in [6, 6.07) is 39.3. The highest BCUT2D eigenvalue weighted by atomic mass is 32.1. The summed E-state index contributed by atoms with van der Waals surface area (Å²) in [5.74, 6) is -0.00377. The van der Waals surface area contributed by atoms with Crippen molar-refractivity contribution in [1.29, 1.82) is 5.26 Å². The van der Waals surface area contributed by atoms with E-state index < -0.39 is 5.97 Å². The number of fused-ring (bicyclic) bond motifs is 1. The normalized spacial score (nSPS) is 11.4. The van der Waals surface area contributed by atoms with Gasteiger partial charge >= 0.3 is 5.97 Å². The van der Waals surface area contributed by atoms with Crippen molar-refractivity contribution in [2.45, 2.75) is 65.2 Å². The summed E-state index contributed by atoms with van der Waals surface area (Å²) in [6.45, 7) is 5.41. The van der Waals surface area contributed by atoms with Crippen LogP contribution in [0.4, 0.5) is 17.1 Å². The van der Waals surface area contributed by atoms with Crippen LogP contribution in [-0.2, 0) is 4.79 Å². The Labute approximate surface area is 358 Å². The molecule has 1 N–H and O–H groups in total. The molecule has 0 radical (unpaired) electrons. The number of hydrogen-bond acceptors (Lipinski definition) is 10. The monoisotopic (exact) mass is 838 g/mol. The van der Waals surface area contributed by atoms with Gasteiger partial charge in [-0.05, 0) is 85.1 Å². The molecule has 0 amide bonds. The van der Waals surface area contributed by atoms with Crippen molar-refractivity contribution in [3.63, 3.8) is 0 Å². The maximum Gasteiger partial charge on any atom is 0.346 e. The molecular formula is C48H46N4O4S3. The molecule has 0 aliphatic heterocycles. The molecule has 3 aromatic heterocycles. The number of carboxylic acid groups (broad SMARTS) is 1. The summed E-state index contributed by atoms with van der Waals surface area (Å²) in [5.41, 5.74) is 7.06. The Bertz CT molecular complexity index is 2500. The number of benzene rings is 4. The average molecular weight is 839 g/mol. The maximum absolute atomic E-state index is 11.7. The molecule has 0 bridgehead atoms. The maximum atomic E-state index is 11.7. The molecule has 7 rings (SSSR count). The van der Waals surface area contributed by atoms with Gasteiger partial charge in [-0.3, -0.25) is 0 Å². The van der Waals surface area contributed by atoms with Gasteiger partial charge < -0.3 is 19.5 Å². The van der Waals surface area contributed by atoms with Crippen molar-refractivity contribution in [1.82, 2.24) is 8.75 Å².